The van der Waals surface area contributed by atoms with Gasteiger partial charge in [-0.2, -0.15) is 5.10 Å². The highest BCUT2D eigenvalue weighted by Gasteiger charge is 2.24. The van der Waals surface area contributed by atoms with Crippen molar-refractivity contribution >= 4 is 11.6 Å². The molecule has 0 radical (unpaired) electrons. The maximum absolute atomic E-state index is 12.0. The fourth-order valence-electron chi connectivity index (χ4n) is 2.61. The molecule has 0 bridgehead atoms. The molecule has 2 N–H and O–H groups in total. The molecule has 0 heterocycles. The predicted molar refractivity (Wildman–Crippen MR) is 79.8 cm³/mol. The Morgan fingerprint density at radius 3 is 2.65 bits per heavy atom. The molecule has 106 valence electrons. The van der Waals surface area contributed by atoms with Crippen molar-refractivity contribution in [3.8, 4) is 5.75 Å². The van der Waals surface area contributed by atoms with Crippen LogP contribution in [0.3, 0.4) is 0 Å². The SMILES string of the molecule is CC1=C/C(=N/NC(=O)c2ccccc2O)CC(C)(C)C1. The Kier molecular flexibility index (Phi) is 3.93. The zero-order chi connectivity index (χ0) is 14.8. The molecule has 0 fully saturated rings. The molecular formula is C16H20N2O2. The molecular weight excluding hydrogens is 252 g/mol. The Morgan fingerprint density at radius 1 is 1.30 bits per heavy atom. The van der Waals surface area contributed by atoms with Gasteiger partial charge in [-0.1, -0.05) is 31.6 Å². The Morgan fingerprint density at radius 2 is 2.00 bits per heavy atom. The van der Waals surface area contributed by atoms with E-state index >= 15 is 0 Å². The molecule has 1 aliphatic rings. The average Bonchev–Trinajstić information content (AvgIpc) is 2.34. The molecule has 0 saturated carbocycles. The normalized spacial score (nSPS) is 19.6. The van der Waals surface area contributed by atoms with Crippen molar-refractivity contribution in [1.29, 1.82) is 0 Å². The zero-order valence-electron chi connectivity index (χ0n) is 12.1. The molecule has 4 heteroatoms. The highest BCUT2D eigenvalue weighted by molar-refractivity contribution is 6.00. The van der Waals surface area contributed by atoms with Gasteiger partial charge >= 0.3 is 0 Å². The van der Waals surface area contributed by atoms with Crippen molar-refractivity contribution in [2.45, 2.75) is 33.6 Å². The van der Waals surface area contributed by atoms with Crippen LogP contribution in [0.1, 0.15) is 44.0 Å². The largest absolute Gasteiger partial charge is 0.507 e. The number of carbonyl (C=O) groups excluding carboxylic acids is 1. The minimum atomic E-state index is -0.398. The summed E-state index contributed by atoms with van der Waals surface area (Å²) in [5.74, 6) is -0.439. The lowest BCUT2D eigenvalue weighted by atomic mass is 9.77. The van der Waals surface area contributed by atoms with Crippen LogP contribution in [0.15, 0.2) is 41.0 Å². The second-order valence-electron chi connectivity index (χ2n) is 6.07. The number of benzene rings is 1. The minimum absolute atomic E-state index is 0.0408. The quantitative estimate of drug-likeness (QED) is 0.812. The van der Waals surface area contributed by atoms with Gasteiger partial charge in [-0.25, -0.2) is 5.43 Å². The van der Waals surface area contributed by atoms with Gasteiger partial charge in [0.25, 0.3) is 5.91 Å². The molecule has 1 aromatic carbocycles. The van der Waals surface area contributed by atoms with Gasteiger partial charge in [-0.05, 0) is 43.4 Å². The number of amides is 1. The maximum Gasteiger partial charge on any atom is 0.275 e. The first-order valence-electron chi connectivity index (χ1n) is 6.69. The number of rotatable bonds is 2. The molecule has 1 aliphatic carbocycles. The summed E-state index contributed by atoms with van der Waals surface area (Å²) in [6, 6.07) is 6.43. The number of hydrogen-bond acceptors (Lipinski definition) is 3. The number of nitrogens with zero attached hydrogens (tertiary/aromatic N) is 1. The average molecular weight is 272 g/mol. The van der Waals surface area contributed by atoms with E-state index in [2.05, 4.69) is 31.3 Å². The van der Waals surface area contributed by atoms with E-state index in [4.69, 9.17) is 0 Å². The summed E-state index contributed by atoms with van der Waals surface area (Å²) in [5, 5.41) is 13.8. The van der Waals surface area contributed by atoms with Gasteiger partial charge in [-0.3, -0.25) is 4.79 Å². The topological polar surface area (TPSA) is 61.7 Å². The van der Waals surface area contributed by atoms with E-state index in [9.17, 15) is 9.90 Å². The molecule has 0 aliphatic heterocycles. The molecule has 1 amide bonds. The third-order valence-electron chi connectivity index (χ3n) is 3.28. The molecule has 0 aromatic heterocycles. The van der Waals surface area contributed by atoms with E-state index in [0.717, 1.165) is 18.6 Å². The summed E-state index contributed by atoms with van der Waals surface area (Å²) < 4.78 is 0. The number of nitrogens with one attached hydrogen (secondary N) is 1. The van der Waals surface area contributed by atoms with Crippen LogP contribution in [0.5, 0.6) is 5.75 Å². The summed E-state index contributed by atoms with van der Waals surface area (Å²) >= 11 is 0. The molecule has 1 aromatic rings. The van der Waals surface area contributed by atoms with Crippen molar-refractivity contribution in [3.05, 3.63) is 41.5 Å². The van der Waals surface area contributed by atoms with Crippen molar-refractivity contribution in [1.82, 2.24) is 5.43 Å². The van der Waals surface area contributed by atoms with Crippen LogP contribution in [0.25, 0.3) is 0 Å². The molecule has 0 unspecified atom stereocenters. The van der Waals surface area contributed by atoms with E-state index in [1.807, 2.05) is 6.08 Å². The number of aromatic hydroxyl groups is 1. The number of hydrazone groups is 1. The number of para-hydroxylation sites is 1. The summed E-state index contributed by atoms with van der Waals surface area (Å²) in [6.07, 6.45) is 3.88. The van der Waals surface area contributed by atoms with E-state index in [0.29, 0.717) is 0 Å². The fourth-order valence-corrected chi connectivity index (χ4v) is 2.61. The molecule has 0 spiro atoms. The number of carbonyl (C=O) groups is 1. The standard InChI is InChI=1S/C16H20N2O2/c1-11-8-12(10-16(2,3)9-11)17-18-15(20)13-6-4-5-7-14(13)19/h4-8,19H,9-10H2,1-3H3,(H,18,20)/b17-12-. The summed E-state index contributed by atoms with van der Waals surface area (Å²) in [7, 11) is 0. The number of phenolic OH excluding ortho intramolecular Hbond substituents is 1. The van der Waals surface area contributed by atoms with Crippen LogP contribution in [-0.2, 0) is 0 Å². The van der Waals surface area contributed by atoms with Crippen LogP contribution in [-0.4, -0.2) is 16.7 Å². The van der Waals surface area contributed by atoms with Crippen LogP contribution >= 0.6 is 0 Å². The first-order chi connectivity index (χ1) is 9.37. The fraction of sp³-hybridized carbons (Fsp3) is 0.375. The van der Waals surface area contributed by atoms with Gasteiger partial charge in [0.15, 0.2) is 0 Å². The third-order valence-corrected chi connectivity index (χ3v) is 3.28. The lowest BCUT2D eigenvalue weighted by molar-refractivity contribution is 0.0952. The van der Waals surface area contributed by atoms with Crippen molar-refractivity contribution in [3.63, 3.8) is 0 Å². The van der Waals surface area contributed by atoms with Crippen molar-refractivity contribution in [2.24, 2.45) is 10.5 Å². The smallest absolute Gasteiger partial charge is 0.275 e. The number of hydrogen-bond donors (Lipinski definition) is 2. The molecule has 0 saturated heterocycles. The second-order valence-corrected chi connectivity index (χ2v) is 6.07. The Hall–Kier alpha value is -2.10. The highest BCUT2D eigenvalue weighted by atomic mass is 16.3. The summed E-state index contributed by atoms with van der Waals surface area (Å²) in [4.78, 5) is 12.0. The van der Waals surface area contributed by atoms with Gasteiger partial charge < -0.3 is 5.11 Å². The van der Waals surface area contributed by atoms with Crippen molar-refractivity contribution < 1.29 is 9.90 Å². The molecule has 4 nitrogen and oxygen atoms in total. The summed E-state index contributed by atoms with van der Waals surface area (Å²) in [5.41, 5.74) is 5.03. The molecule has 20 heavy (non-hydrogen) atoms. The van der Waals surface area contributed by atoms with Crippen LogP contribution in [0, 0.1) is 5.41 Å². The number of phenols is 1. The van der Waals surface area contributed by atoms with E-state index < -0.39 is 5.91 Å². The van der Waals surface area contributed by atoms with Gasteiger partial charge in [0.1, 0.15) is 5.75 Å². The zero-order valence-corrected chi connectivity index (χ0v) is 12.1. The first-order valence-corrected chi connectivity index (χ1v) is 6.69. The van der Waals surface area contributed by atoms with Crippen molar-refractivity contribution in [2.75, 3.05) is 0 Å². The highest BCUT2D eigenvalue weighted by Crippen LogP contribution is 2.33. The minimum Gasteiger partial charge on any atom is -0.507 e. The number of allylic oxidation sites excluding steroid dienone is 2. The Bertz CT molecular complexity index is 586. The molecule has 2 rings (SSSR count). The Labute approximate surface area is 119 Å². The Balaban J connectivity index is 2.12. The van der Waals surface area contributed by atoms with E-state index in [1.165, 1.54) is 11.6 Å². The molecule has 0 atom stereocenters. The first kappa shape index (κ1) is 14.3. The van der Waals surface area contributed by atoms with Crippen LogP contribution in [0.4, 0.5) is 0 Å². The third kappa shape index (κ3) is 3.47. The second kappa shape index (κ2) is 5.49. The van der Waals surface area contributed by atoms with E-state index in [1.54, 1.807) is 18.2 Å². The van der Waals surface area contributed by atoms with Gasteiger partial charge in [0, 0.05) is 0 Å². The predicted octanol–water partition coefficient (Wildman–Crippen LogP) is 3.24. The maximum atomic E-state index is 12.0. The lowest BCUT2D eigenvalue weighted by Crippen LogP contribution is -2.25. The summed E-state index contributed by atoms with van der Waals surface area (Å²) in [6.45, 7) is 6.44. The van der Waals surface area contributed by atoms with Gasteiger partial charge in [0.05, 0.1) is 11.3 Å². The van der Waals surface area contributed by atoms with Crippen LogP contribution < -0.4 is 5.43 Å². The van der Waals surface area contributed by atoms with Gasteiger partial charge in [0.2, 0.25) is 0 Å². The van der Waals surface area contributed by atoms with Crippen LogP contribution in [0.2, 0.25) is 0 Å². The lowest BCUT2D eigenvalue weighted by Gasteiger charge is -2.29. The van der Waals surface area contributed by atoms with E-state index in [-0.39, 0.29) is 16.7 Å². The van der Waals surface area contributed by atoms with Gasteiger partial charge in [-0.15, -0.1) is 0 Å². The monoisotopic (exact) mass is 272 g/mol.